The van der Waals surface area contributed by atoms with Crippen molar-refractivity contribution in [2.45, 2.75) is 31.4 Å². The molecule has 16 heavy (non-hydrogen) atoms. The predicted octanol–water partition coefficient (Wildman–Crippen LogP) is 1.63. The summed E-state index contributed by atoms with van der Waals surface area (Å²) in [4.78, 5) is 11.6. The molecule has 0 aliphatic heterocycles. The molecule has 3 nitrogen and oxygen atoms in total. The minimum Gasteiger partial charge on any atom is -0.393 e. The Bertz CT molecular complexity index is 371. The van der Waals surface area contributed by atoms with Gasteiger partial charge in [-0.1, -0.05) is 28.1 Å². The van der Waals surface area contributed by atoms with Gasteiger partial charge >= 0.3 is 0 Å². The molecule has 0 aromatic heterocycles. The van der Waals surface area contributed by atoms with E-state index in [9.17, 15) is 4.79 Å². The number of hydrogen-bond acceptors (Lipinski definition) is 2. The Kier molecular flexibility index (Phi) is 3.61. The Balaban J connectivity index is 1.80. The van der Waals surface area contributed by atoms with Crippen LogP contribution in [0.15, 0.2) is 28.7 Å². The third kappa shape index (κ3) is 3.06. The lowest BCUT2D eigenvalue weighted by atomic mass is 9.89. The zero-order valence-electron chi connectivity index (χ0n) is 8.82. The molecule has 1 fully saturated rings. The summed E-state index contributed by atoms with van der Waals surface area (Å²) in [6, 6.07) is 7.88. The fourth-order valence-electron chi connectivity index (χ4n) is 1.77. The lowest BCUT2D eigenvalue weighted by Gasteiger charge is -2.31. The van der Waals surface area contributed by atoms with E-state index in [-0.39, 0.29) is 18.1 Å². The molecule has 4 heteroatoms. The first-order valence-corrected chi connectivity index (χ1v) is 6.14. The predicted molar refractivity (Wildman–Crippen MR) is 65.0 cm³/mol. The Morgan fingerprint density at radius 2 is 2.00 bits per heavy atom. The van der Waals surface area contributed by atoms with E-state index in [1.807, 2.05) is 24.3 Å². The van der Waals surface area contributed by atoms with Gasteiger partial charge in [0.25, 0.3) is 0 Å². The smallest absolute Gasteiger partial charge is 0.224 e. The summed E-state index contributed by atoms with van der Waals surface area (Å²) in [6.45, 7) is 0. The van der Waals surface area contributed by atoms with E-state index < -0.39 is 0 Å². The largest absolute Gasteiger partial charge is 0.393 e. The first kappa shape index (κ1) is 11.6. The second-order valence-corrected chi connectivity index (χ2v) is 5.11. The number of amides is 1. The second-order valence-electron chi connectivity index (χ2n) is 4.19. The summed E-state index contributed by atoms with van der Waals surface area (Å²) in [6.07, 6.45) is 1.55. The molecule has 0 spiro atoms. The Morgan fingerprint density at radius 3 is 2.56 bits per heavy atom. The van der Waals surface area contributed by atoms with E-state index in [4.69, 9.17) is 5.11 Å². The van der Waals surface area contributed by atoms with Crippen LogP contribution in [-0.4, -0.2) is 23.2 Å². The molecule has 0 radical (unpaired) electrons. The number of benzene rings is 1. The monoisotopic (exact) mass is 283 g/mol. The molecule has 1 aliphatic rings. The fraction of sp³-hybridized carbons (Fsp3) is 0.417. The molecule has 0 atom stereocenters. The molecule has 0 saturated heterocycles. The Hall–Kier alpha value is -0.870. The lowest BCUT2D eigenvalue weighted by Crippen LogP contribution is -2.47. The molecule has 1 saturated carbocycles. The number of nitrogens with one attached hydrogen (secondary N) is 1. The van der Waals surface area contributed by atoms with Crippen molar-refractivity contribution in [1.82, 2.24) is 5.32 Å². The van der Waals surface area contributed by atoms with Crippen LogP contribution in [0.3, 0.4) is 0 Å². The van der Waals surface area contributed by atoms with Gasteiger partial charge in [0.05, 0.1) is 12.5 Å². The van der Waals surface area contributed by atoms with Crippen molar-refractivity contribution in [3.8, 4) is 0 Å². The van der Waals surface area contributed by atoms with Crippen LogP contribution < -0.4 is 5.32 Å². The molecule has 86 valence electrons. The number of rotatable bonds is 3. The highest BCUT2D eigenvalue weighted by molar-refractivity contribution is 9.10. The Labute approximate surface area is 103 Å². The molecular weight excluding hydrogens is 270 g/mol. The first-order chi connectivity index (χ1) is 7.63. The summed E-state index contributed by atoms with van der Waals surface area (Å²) >= 11 is 3.35. The summed E-state index contributed by atoms with van der Waals surface area (Å²) < 4.78 is 1.01. The number of halogens is 1. The number of aliphatic hydroxyl groups excluding tert-OH is 1. The van der Waals surface area contributed by atoms with Crippen molar-refractivity contribution in [3.63, 3.8) is 0 Å². The van der Waals surface area contributed by atoms with Gasteiger partial charge in [-0.05, 0) is 30.5 Å². The summed E-state index contributed by atoms with van der Waals surface area (Å²) in [5.74, 6) is 0.0271. The van der Waals surface area contributed by atoms with Crippen LogP contribution in [0.5, 0.6) is 0 Å². The van der Waals surface area contributed by atoms with E-state index in [2.05, 4.69) is 21.2 Å². The van der Waals surface area contributed by atoms with Crippen LogP contribution >= 0.6 is 15.9 Å². The normalized spacial score (nSPS) is 23.6. The minimum atomic E-state index is -0.224. The van der Waals surface area contributed by atoms with E-state index >= 15 is 0 Å². The molecule has 1 amide bonds. The highest BCUT2D eigenvalue weighted by Crippen LogP contribution is 2.19. The highest BCUT2D eigenvalue weighted by atomic mass is 79.9. The third-order valence-electron chi connectivity index (χ3n) is 2.76. The first-order valence-electron chi connectivity index (χ1n) is 5.35. The van der Waals surface area contributed by atoms with Crippen LogP contribution in [-0.2, 0) is 11.2 Å². The van der Waals surface area contributed by atoms with E-state index in [1.54, 1.807) is 0 Å². The molecule has 2 rings (SSSR count). The fourth-order valence-corrected chi connectivity index (χ4v) is 2.04. The number of carbonyl (C=O) groups excluding carboxylic acids is 1. The standard InChI is InChI=1S/C12H14BrNO2/c13-9-3-1-8(2-4-9)5-12(16)14-10-6-11(15)7-10/h1-4,10-11,15H,5-7H2,(H,14,16). The topological polar surface area (TPSA) is 49.3 Å². The van der Waals surface area contributed by atoms with E-state index in [0.717, 1.165) is 10.0 Å². The van der Waals surface area contributed by atoms with Gasteiger partial charge in [0.15, 0.2) is 0 Å². The van der Waals surface area contributed by atoms with Crippen LogP contribution in [0.2, 0.25) is 0 Å². The van der Waals surface area contributed by atoms with Crippen LogP contribution in [0.1, 0.15) is 18.4 Å². The van der Waals surface area contributed by atoms with E-state index in [0.29, 0.717) is 19.3 Å². The highest BCUT2D eigenvalue weighted by Gasteiger charge is 2.28. The molecule has 0 unspecified atom stereocenters. The SMILES string of the molecule is O=C(Cc1ccc(Br)cc1)NC1CC(O)C1. The minimum absolute atomic E-state index is 0.0271. The number of hydrogen-bond donors (Lipinski definition) is 2. The summed E-state index contributed by atoms with van der Waals surface area (Å²) in [7, 11) is 0. The van der Waals surface area contributed by atoms with Gasteiger partial charge in [0, 0.05) is 10.5 Å². The van der Waals surface area contributed by atoms with Gasteiger partial charge in [-0.3, -0.25) is 4.79 Å². The molecule has 1 aromatic carbocycles. The maximum Gasteiger partial charge on any atom is 0.224 e. The maximum absolute atomic E-state index is 11.6. The van der Waals surface area contributed by atoms with Crippen molar-refractivity contribution >= 4 is 21.8 Å². The molecule has 2 N–H and O–H groups in total. The molecule has 1 aliphatic carbocycles. The lowest BCUT2D eigenvalue weighted by molar-refractivity contribution is -0.122. The summed E-state index contributed by atoms with van der Waals surface area (Å²) in [5, 5.41) is 12.0. The van der Waals surface area contributed by atoms with Gasteiger partial charge in [-0.2, -0.15) is 0 Å². The van der Waals surface area contributed by atoms with Crippen molar-refractivity contribution in [1.29, 1.82) is 0 Å². The van der Waals surface area contributed by atoms with Gasteiger partial charge in [0.1, 0.15) is 0 Å². The number of aliphatic hydroxyl groups is 1. The van der Waals surface area contributed by atoms with Crippen molar-refractivity contribution in [2.24, 2.45) is 0 Å². The van der Waals surface area contributed by atoms with E-state index in [1.165, 1.54) is 0 Å². The zero-order valence-corrected chi connectivity index (χ0v) is 10.4. The van der Waals surface area contributed by atoms with Crippen molar-refractivity contribution in [3.05, 3.63) is 34.3 Å². The van der Waals surface area contributed by atoms with Crippen LogP contribution in [0.25, 0.3) is 0 Å². The third-order valence-corrected chi connectivity index (χ3v) is 3.28. The van der Waals surface area contributed by atoms with Crippen molar-refractivity contribution in [2.75, 3.05) is 0 Å². The quantitative estimate of drug-likeness (QED) is 0.886. The van der Waals surface area contributed by atoms with Gasteiger partial charge in [0.2, 0.25) is 5.91 Å². The second kappa shape index (κ2) is 4.97. The van der Waals surface area contributed by atoms with Crippen LogP contribution in [0, 0.1) is 0 Å². The molecule has 1 aromatic rings. The van der Waals surface area contributed by atoms with Gasteiger partial charge < -0.3 is 10.4 Å². The van der Waals surface area contributed by atoms with Crippen LogP contribution in [0.4, 0.5) is 0 Å². The Morgan fingerprint density at radius 1 is 1.38 bits per heavy atom. The van der Waals surface area contributed by atoms with Gasteiger partial charge in [-0.15, -0.1) is 0 Å². The maximum atomic E-state index is 11.6. The average molecular weight is 284 g/mol. The number of carbonyl (C=O) groups is 1. The van der Waals surface area contributed by atoms with Gasteiger partial charge in [-0.25, -0.2) is 0 Å². The zero-order chi connectivity index (χ0) is 11.5. The molecule has 0 heterocycles. The molecule has 0 bridgehead atoms. The van der Waals surface area contributed by atoms with Crippen molar-refractivity contribution < 1.29 is 9.90 Å². The molecular formula is C12H14BrNO2. The average Bonchev–Trinajstić information content (AvgIpc) is 2.19. The summed E-state index contributed by atoms with van der Waals surface area (Å²) in [5.41, 5.74) is 1.00.